The molecule has 0 saturated heterocycles. The van der Waals surface area contributed by atoms with Crippen molar-refractivity contribution in [2.75, 3.05) is 12.3 Å². The van der Waals surface area contributed by atoms with Crippen LogP contribution in [-0.4, -0.2) is 6.61 Å². The zero-order chi connectivity index (χ0) is 13.1. The highest BCUT2D eigenvalue weighted by Gasteiger charge is 2.08. The maximum absolute atomic E-state index is 13.2. The monoisotopic (exact) mass is 245 g/mol. The van der Waals surface area contributed by atoms with Gasteiger partial charge in [-0.15, -0.1) is 0 Å². The molecule has 0 atom stereocenters. The molecule has 2 aromatic carbocycles. The second-order valence-electron chi connectivity index (χ2n) is 4.14. The van der Waals surface area contributed by atoms with Gasteiger partial charge in [0.2, 0.25) is 0 Å². The number of nitrogen functional groups attached to an aromatic ring is 1. The van der Waals surface area contributed by atoms with E-state index in [0.29, 0.717) is 12.4 Å². The van der Waals surface area contributed by atoms with Gasteiger partial charge in [0.15, 0.2) is 0 Å². The van der Waals surface area contributed by atoms with Crippen molar-refractivity contribution in [3.8, 4) is 16.9 Å². The molecule has 0 heterocycles. The minimum Gasteiger partial charge on any atom is -0.493 e. The molecule has 2 nitrogen and oxygen atoms in total. The molecule has 2 aromatic rings. The van der Waals surface area contributed by atoms with E-state index in [4.69, 9.17) is 10.5 Å². The van der Waals surface area contributed by atoms with E-state index >= 15 is 0 Å². The number of rotatable bonds is 3. The quantitative estimate of drug-likeness (QED) is 0.835. The van der Waals surface area contributed by atoms with Gasteiger partial charge in [0.25, 0.3) is 0 Å². The van der Waals surface area contributed by atoms with Gasteiger partial charge in [-0.3, -0.25) is 0 Å². The van der Waals surface area contributed by atoms with E-state index in [1.54, 1.807) is 6.07 Å². The number of ether oxygens (including phenoxy) is 1. The average Bonchev–Trinajstić information content (AvgIpc) is 2.34. The molecule has 0 aliphatic heterocycles. The highest BCUT2D eigenvalue weighted by atomic mass is 19.1. The lowest BCUT2D eigenvalue weighted by atomic mass is 10.0. The number of anilines is 1. The van der Waals surface area contributed by atoms with Crippen LogP contribution in [0.4, 0.5) is 10.1 Å². The van der Waals surface area contributed by atoms with Gasteiger partial charge < -0.3 is 10.5 Å². The minimum atomic E-state index is -0.303. The smallest absolute Gasteiger partial charge is 0.130 e. The zero-order valence-corrected chi connectivity index (χ0v) is 10.5. The van der Waals surface area contributed by atoms with Crippen molar-refractivity contribution >= 4 is 5.69 Å². The van der Waals surface area contributed by atoms with Crippen LogP contribution < -0.4 is 10.5 Å². The maximum atomic E-state index is 13.2. The Morgan fingerprint density at radius 3 is 2.61 bits per heavy atom. The van der Waals surface area contributed by atoms with Gasteiger partial charge in [0.1, 0.15) is 11.6 Å². The third-order valence-corrected chi connectivity index (χ3v) is 2.83. The summed E-state index contributed by atoms with van der Waals surface area (Å²) >= 11 is 0. The predicted octanol–water partition coefficient (Wildman–Crippen LogP) is 3.78. The lowest BCUT2D eigenvalue weighted by Crippen LogP contribution is -1.96. The lowest BCUT2D eigenvalue weighted by molar-refractivity contribution is 0.339. The summed E-state index contributed by atoms with van der Waals surface area (Å²) in [4.78, 5) is 0. The second-order valence-corrected chi connectivity index (χ2v) is 4.14. The Kier molecular flexibility index (Phi) is 3.51. The molecular weight excluding hydrogens is 229 g/mol. The topological polar surface area (TPSA) is 35.2 Å². The number of hydrogen-bond donors (Lipinski definition) is 1. The van der Waals surface area contributed by atoms with Crippen LogP contribution in [0.5, 0.6) is 5.75 Å². The van der Waals surface area contributed by atoms with Gasteiger partial charge in [-0.1, -0.05) is 12.1 Å². The van der Waals surface area contributed by atoms with Crippen LogP contribution in [0.3, 0.4) is 0 Å². The van der Waals surface area contributed by atoms with E-state index in [9.17, 15) is 4.39 Å². The minimum absolute atomic E-state index is 0.303. The molecule has 94 valence electrons. The molecule has 0 fully saturated rings. The van der Waals surface area contributed by atoms with Crippen LogP contribution in [-0.2, 0) is 0 Å². The summed E-state index contributed by atoms with van der Waals surface area (Å²) < 4.78 is 18.7. The first kappa shape index (κ1) is 12.4. The van der Waals surface area contributed by atoms with Crippen molar-refractivity contribution < 1.29 is 9.13 Å². The summed E-state index contributed by atoms with van der Waals surface area (Å²) in [6, 6.07) is 10.3. The fourth-order valence-corrected chi connectivity index (χ4v) is 1.82. The maximum Gasteiger partial charge on any atom is 0.130 e. The van der Waals surface area contributed by atoms with E-state index in [1.807, 2.05) is 32.0 Å². The Morgan fingerprint density at radius 2 is 1.94 bits per heavy atom. The molecule has 3 heteroatoms. The number of aryl methyl sites for hydroxylation is 1. The van der Waals surface area contributed by atoms with Crippen molar-refractivity contribution in [2.45, 2.75) is 13.8 Å². The third kappa shape index (κ3) is 2.45. The molecule has 0 bridgehead atoms. The molecular formula is C15H16FNO. The standard InChI is InChI=1S/C15H16FNO/c1-3-18-15-9-12(16)6-7-13(15)11-5-4-10(2)14(17)8-11/h4-9H,3,17H2,1-2H3. The number of halogens is 1. The first-order valence-electron chi connectivity index (χ1n) is 5.90. The predicted molar refractivity (Wildman–Crippen MR) is 72.2 cm³/mol. The Balaban J connectivity index is 2.51. The van der Waals surface area contributed by atoms with Crippen LogP contribution in [0.25, 0.3) is 11.1 Å². The number of benzene rings is 2. The van der Waals surface area contributed by atoms with Gasteiger partial charge in [-0.05, 0) is 43.2 Å². The molecule has 0 radical (unpaired) electrons. The normalized spacial score (nSPS) is 10.4. The van der Waals surface area contributed by atoms with Crippen molar-refractivity contribution in [3.63, 3.8) is 0 Å². The van der Waals surface area contributed by atoms with Crippen LogP contribution in [0, 0.1) is 12.7 Å². The van der Waals surface area contributed by atoms with Crippen LogP contribution >= 0.6 is 0 Å². The molecule has 0 amide bonds. The molecule has 2 N–H and O–H groups in total. The molecule has 0 aromatic heterocycles. The zero-order valence-electron chi connectivity index (χ0n) is 10.5. The summed E-state index contributed by atoms with van der Waals surface area (Å²) in [6.45, 7) is 4.32. The van der Waals surface area contributed by atoms with E-state index in [1.165, 1.54) is 12.1 Å². The first-order chi connectivity index (χ1) is 8.61. The molecule has 0 aliphatic carbocycles. The van der Waals surface area contributed by atoms with Crippen molar-refractivity contribution in [1.29, 1.82) is 0 Å². The summed E-state index contributed by atoms with van der Waals surface area (Å²) in [5.41, 5.74) is 9.43. The van der Waals surface area contributed by atoms with Crippen molar-refractivity contribution in [3.05, 3.63) is 47.8 Å². The molecule has 0 saturated carbocycles. The van der Waals surface area contributed by atoms with Crippen molar-refractivity contribution in [2.24, 2.45) is 0 Å². The largest absolute Gasteiger partial charge is 0.493 e. The molecule has 18 heavy (non-hydrogen) atoms. The van der Waals surface area contributed by atoms with Gasteiger partial charge in [-0.2, -0.15) is 0 Å². The SMILES string of the molecule is CCOc1cc(F)ccc1-c1ccc(C)c(N)c1. The molecule has 0 unspecified atom stereocenters. The van der Waals surface area contributed by atoms with E-state index in [-0.39, 0.29) is 5.82 Å². The van der Waals surface area contributed by atoms with E-state index in [2.05, 4.69) is 0 Å². The average molecular weight is 245 g/mol. The molecule has 2 rings (SSSR count). The van der Waals surface area contributed by atoms with E-state index < -0.39 is 0 Å². The summed E-state index contributed by atoms with van der Waals surface area (Å²) in [7, 11) is 0. The fraction of sp³-hybridized carbons (Fsp3) is 0.200. The van der Waals surface area contributed by atoms with Gasteiger partial charge in [-0.25, -0.2) is 4.39 Å². The van der Waals surface area contributed by atoms with Crippen LogP contribution in [0.15, 0.2) is 36.4 Å². The Hall–Kier alpha value is -2.03. The highest BCUT2D eigenvalue weighted by Crippen LogP contribution is 2.32. The highest BCUT2D eigenvalue weighted by molar-refractivity contribution is 5.74. The van der Waals surface area contributed by atoms with Gasteiger partial charge in [0, 0.05) is 17.3 Å². The Labute approximate surface area is 106 Å². The summed E-state index contributed by atoms with van der Waals surface area (Å²) in [5, 5.41) is 0. The third-order valence-electron chi connectivity index (χ3n) is 2.83. The van der Waals surface area contributed by atoms with Gasteiger partial charge >= 0.3 is 0 Å². The second kappa shape index (κ2) is 5.08. The lowest BCUT2D eigenvalue weighted by Gasteiger charge is -2.11. The molecule has 0 aliphatic rings. The first-order valence-corrected chi connectivity index (χ1v) is 5.90. The number of hydrogen-bond acceptors (Lipinski definition) is 2. The summed E-state index contributed by atoms with van der Waals surface area (Å²) in [6.07, 6.45) is 0. The van der Waals surface area contributed by atoms with Crippen LogP contribution in [0.2, 0.25) is 0 Å². The van der Waals surface area contributed by atoms with Crippen molar-refractivity contribution in [1.82, 2.24) is 0 Å². The Morgan fingerprint density at radius 1 is 1.17 bits per heavy atom. The van der Waals surface area contributed by atoms with E-state index in [0.717, 1.165) is 22.4 Å². The van der Waals surface area contributed by atoms with Gasteiger partial charge in [0.05, 0.1) is 6.61 Å². The molecule has 0 spiro atoms. The van der Waals surface area contributed by atoms with Crippen LogP contribution in [0.1, 0.15) is 12.5 Å². The summed E-state index contributed by atoms with van der Waals surface area (Å²) in [5.74, 6) is 0.239. The Bertz CT molecular complexity index is 566. The number of nitrogens with two attached hydrogens (primary N) is 1. The fourth-order valence-electron chi connectivity index (χ4n) is 1.82.